The van der Waals surface area contributed by atoms with E-state index in [1.165, 1.54) is 12.8 Å². The van der Waals surface area contributed by atoms with Crippen molar-refractivity contribution in [3.8, 4) is 0 Å². The monoisotopic (exact) mass is 157 g/mol. The van der Waals surface area contributed by atoms with E-state index in [1.54, 1.807) is 0 Å². The molecule has 0 aliphatic carbocycles. The Hall–Kier alpha value is -0.0800. The van der Waals surface area contributed by atoms with E-state index >= 15 is 0 Å². The average Bonchev–Trinajstić information content (AvgIpc) is 2.48. The van der Waals surface area contributed by atoms with E-state index in [2.05, 4.69) is 19.2 Å². The smallest absolute Gasteiger partial charge is 0.0714 e. The lowest BCUT2D eigenvalue weighted by molar-refractivity contribution is 0.0658. The first kappa shape index (κ1) is 9.01. The predicted molar refractivity (Wildman–Crippen MR) is 46.7 cm³/mol. The Morgan fingerprint density at radius 1 is 1.45 bits per heavy atom. The predicted octanol–water partition coefficient (Wildman–Crippen LogP) is 1.55. The highest BCUT2D eigenvalue weighted by atomic mass is 16.5. The van der Waals surface area contributed by atoms with Crippen LogP contribution in [0.3, 0.4) is 0 Å². The van der Waals surface area contributed by atoms with Gasteiger partial charge in [-0.15, -0.1) is 0 Å². The van der Waals surface area contributed by atoms with Gasteiger partial charge in [-0.05, 0) is 19.3 Å². The van der Waals surface area contributed by atoms with Crippen molar-refractivity contribution in [1.82, 2.24) is 5.32 Å². The third-order valence-corrected chi connectivity index (χ3v) is 2.23. The van der Waals surface area contributed by atoms with Gasteiger partial charge < -0.3 is 10.1 Å². The van der Waals surface area contributed by atoms with Gasteiger partial charge in [0.1, 0.15) is 0 Å². The van der Waals surface area contributed by atoms with Crippen LogP contribution in [0.4, 0.5) is 0 Å². The number of ether oxygens (including phenoxy) is 1. The van der Waals surface area contributed by atoms with Crippen LogP contribution < -0.4 is 5.32 Å². The SMILES string of the molecule is CCCO[C@@H]1CN[C@@H](CC)C1. The summed E-state index contributed by atoms with van der Waals surface area (Å²) in [5.41, 5.74) is 0. The highest BCUT2D eigenvalue weighted by Gasteiger charge is 2.22. The van der Waals surface area contributed by atoms with Crippen LogP contribution in [0.15, 0.2) is 0 Å². The van der Waals surface area contributed by atoms with E-state index in [0.717, 1.165) is 19.6 Å². The van der Waals surface area contributed by atoms with Gasteiger partial charge in [0.15, 0.2) is 0 Å². The Morgan fingerprint density at radius 2 is 2.27 bits per heavy atom. The molecule has 0 bridgehead atoms. The van der Waals surface area contributed by atoms with Gasteiger partial charge >= 0.3 is 0 Å². The molecule has 1 rings (SSSR count). The third-order valence-electron chi connectivity index (χ3n) is 2.23. The van der Waals surface area contributed by atoms with Crippen molar-refractivity contribution >= 4 is 0 Å². The van der Waals surface area contributed by atoms with E-state index < -0.39 is 0 Å². The molecule has 0 radical (unpaired) electrons. The largest absolute Gasteiger partial charge is 0.377 e. The van der Waals surface area contributed by atoms with Gasteiger partial charge in [-0.25, -0.2) is 0 Å². The van der Waals surface area contributed by atoms with Crippen molar-refractivity contribution in [2.45, 2.75) is 45.3 Å². The second kappa shape index (κ2) is 4.73. The van der Waals surface area contributed by atoms with Crippen molar-refractivity contribution in [2.24, 2.45) is 0 Å². The molecule has 66 valence electrons. The first-order valence-electron chi connectivity index (χ1n) is 4.71. The first-order chi connectivity index (χ1) is 5.36. The van der Waals surface area contributed by atoms with Gasteiger partial charge in [0.05, 0.1) is 6.10 Å². The molecule has 1 heterocycles. The van der Waals surface area contributed by atoms with Crippen LogP contribution in [0, 0.1) is 0 Å². The van der Waals surface area contributed by atoms with Crippen molar-refractivity contribution < 1.29 is 4.74 Å². The second-order valence-electron chi connectivity index (χ2n) is 3.24. The Kier molecular flexibility index (Phi) is 3.87. The number of nitrogens with one attached hydrogen (secondary N) is 1. The van der Waals surface area contributed by atoms with Crippen LogP contribution in [0.25, 0.3) is 0 Å². The van der Waals surface area contributed by atoms with E-state index in [0.29, 0.717) is 12.1 Å². The molecule has 1 aliphatic heterocycles. The van der Waals surface area contributed by atoms with E-state index in [9.17, 15) is 0 Å². The van der Waals surface area contributed by atoms with Crippen LogP contribution in [-0.4, -0.2) is 25.3 Å². The molecule has 0 saturated carbocycles. The Labute approximate surface area is 69.3 Å². The van der Waals surface area contributed by atoms with E-state index in [4.69, 9.17) is 4.74 Å². The zero-order valence-corrected chi connectivity index (χ0v) is 7.60. The molecular weight excluding hydrogens is 138 g/mol. The molecule has 0 amide bonds. The van der Waals surface area contributed by atoms with E-state index in [-0.39, 0.29) is 0 Å². The van der Waals surface area contributed by atoms with Crippen LogP contribution in [0.5, 0.6) is 0 Å². The lowest BCUT2D eigenvalue weighted by Crippen LogP contribution is -2.20. The second-order valence-corrected chi connectivity index (χ2v) is 3.24. The van der Waals surface area contributed by atoms with Crippen molar-refractivity contribution in [3.05, 3.63) is 0 Å². The molecule has 0 aromatic heterocycles. The maximum absolute atomic E-state index is 5.62. The minimum absolute atomic E-state index is 0.486. The third kappa shape index (κ3) is 2.80. The number of hydrogen-bond acceptors (Lipinski definition) is 2. The van der Waals surface area contributed by atoms with Crippen LogP contribution in [0.1, 0.15) is 33.1 Å². The van der Waals surface area contributed by atoms with Gasteiger partial charge in [-0.2, -0.15) is 0 Å². The highest BCUT2D eigenvalue weighted by Crippen LogP contribution is 2.12. The lowest BCUT2D eigenvalue weighted by Gasteiger charge is -2.09. The summed E-state index contributed by atoms with van der Waals surface area (Å²) in [6.45, 7) is 6.35. The van der Waals surface area contributed by atoms with Crippen molar-refractivity contribution in [3.63, 3.8) is 0 Å². The molecule has 1 fully saturated rings. The molecule has 0 aromatic rings. The van der Waals surface area contributed by atoms with Gasteiger partial charge in [-0.1, -0.05) is 13.8 Å². The lowest BCUT2D eigenvalue weighted by atomic mass is 10.1. The number of hydrogen-bond donors (Lipinski definition) is 1. The maximum atomic E-state index is 5.62. The molecular formula is C9H19NO. The van der Waals surface area contributed by atoms with E-state index in [1.807, 2.05) is 0 Å². The fourth-order valence-corrected chi connectivity index (χ4v) is 1.50. The average molecular weight is 157 g/mol. The maximum Gasteiger partial charge on any atom is 0.0714 e. The molecule has 0 spiro atoms. The summed E-state index contributed by atoms with van der Waals surface area (Å²) >= 11 is 0. The quantitative estimate of drug-likeness (QED) is 0.668. The molecule has 2 atom stereocenters. The fourth-order valence-electron chi connectivity index (χ4n) is 1.50. The fraction of sp³-hybridized carbons (Fsp3) is 1.00. The minimum Gasteiger partial charge on any atom is -0.377 e. The Balaban J connectivity index is 2.09. The summed E-state index contributed by atoms with van der Waals surface area (Å²) < 4.78 is 5.62. The summed E-state index contributed by atoms with van der Waals surface area (Å²) in [5.74, 6) is 0. The van der Waals surface area contributed by atoms with Gasteiger partial charge in [0.25, 0.3) is 0 Å². The molecule has 1 N–H and O–H groups in total. The van der Waals surface area contributed by atoms with Crippen LogP contribution in [0.2, 0.25) is 0 Å². The molecule has 1 aliphatic rings. The molecule has 0 unspecified atom stereocenters. The van der Waals surface area contributed by atoms with Crippen LogP contribution in [-0.2, 0) is 4.74 Å². The standard InChI is InChI=1S/C9H19NO/c1-3-5-11-9-6-8(4-2)10-7-9/h8-10H,3-7H2,1-2H3/t8-,9-/m0/s1. The first-order valence-corrected chi connectivity index (χ1v) is 4.71. The Bertz CT molecular complexity index is 106. The summed E-state index contributed by atoms with van der Waals surface area (Å²) in [5, 5.41) is 3.44. The molecule has 2 heteroatoms. The highest BCUT2D eigenvalue weighted by molar-refractivity contribution is 4.80. The normalized spacial score (nSPS) is 31.1. The molecule has 0 aromatic carbocycles. The summed E-state index contributed by atoms with van der Waals surface area (Å²) in [4.78, 5) is 0. The molecule has 11 heavy (non-hydrogen) atoms. The van der Waals surface area contributed by atoms with Gasteiger partial charge in [0.2, 0.25) is 0 Å². The zero-order chi connectivity index (χ0) is 8.10. The summed E-state index contributed by atoms with van der Waals surface area (Å²) in [7, 11) is 0. The number of rotatable bonds is 4. The Morgan fingerprint density at radius 3 is 2.82 bits per heavy atom. The molecule has 1 saturated heterocycles. The summed E-state index contributed by atoms with van der Waals surface area (Å²) in [6.07, 6.45) is 4.05. The summed E-state index contributed by atoms with van der Waals surface area (Å²) in [6, 6.07) is 0.705. The minimum atomic E-state index is 0.486. The zero-order valence-electron chi connectivity index (χ0n) is 7.60. The van der Waals surface area contributed by atoms with Crippen molar-refractivity contribution in [2.75, 3.05) is 13.2 Å². The van der Waals surface area contributed by atoms with Crippen LogP contribution >= 0.6 is 0 Å². The van der Waals surface area contributed by atoms with Gasteiger partial charge in [-0.3, -0.25) is 0 Å². The van der Waals surface area contributed by atoms with Crippen molar-refractivity contribution in [1.29, 1.82) is 0 Å². The van der Waals surface area contributed by atoms with Gasteiger partial charge in [0, 0.05) is 19.2 Å². The topological polar surface area (TPSA) is 21.3 Å². The molecule has 2 nitrogen and oxygen atoms in total.